The van der Waals surface area contributed by atoms with Crippen molar-refractivity contribution in [2.24, 2.45) is 0 Å². The fourth-order valence-corrected chi connectivity index (χ4v) is 2.48. The van der Waals surface area contributed by atoms with Crippen LogP contribution >= 0.6 is 15.9 Å². The van der Waals surface area contributed by atoms with Crippen molar-refractivity contribution < 1.29 is 9.47 Å². The fourth-order valence-electron chi connectivity index (χ4n) is 2.04. The van der Waals surface area contributed by atoms with Gasteiger partial charge in [0.15, 0.2) is 5.65 Å². The lowest BCUT2D eigenvalue weighted by atomic mass is 10.2. The second-order valence-electron chi connectivity index (χ2n) is 4.38. The number of ether oxygens (including phenoxy) is 2. The van der Waals surface area contributed by atoms with Crippen LogP contribution in [0.5, 0.6) is 11.6 Å². The Morgan fingerprint density at radius 1 is 1.19 bits per heavy atom. The number of nitrogens with zero attached hydrogens (tertiary/aromatic N) is 2. The van der Waals surface area contributed by atoms with Crippen molar-refractivity contribution in [3.63, 3.8) is 0 Å². The number of H-pyrrole nitrogens is 1. The highest BCUT2D eigenvalue weighted by molar-refractivity contribution is 9.10. The first kappa shape index (κ1) is 13.9. The van der Waals surface area contributed by atoms with Crippen LogP contribution < -0.4 is 9.47 Å². The minimum Gasteiger partial charge on any atom is -0.497 e. The number of fused-ring (bicyclic) bond motifs is 1. The molecule has 0 spiro atoms. The highest BCUT2D eigenvalue weighted by Crippen LogP contribution is 2.31. The Bertz CT molecular complexity index is 786. The van der Waals surface area contributed by atoms with E-state index in [-0.39, 0.29) is 0 Å². The summed E-state index contributed by atoms with van der Waals surface area (Å²) >= 11 is 3.53. The van der Waals surface area contributed by atoms with Crippen LogP contribution in [0.1, 0.15) is 6.92 Å². The number of hydrogen-bond donors (Lipinski definition) is 1. The maximum absolute atomic E-state index is 5.39. The Morgan fingerprint density at radius 3 is 2.81 bits per heavy atom. The predicted molar refractivity (Wildman–Crippen MR) is 84.7 cm³/mol. The van der Waals surface area contributed by atoms with Gasteiger partial charge in [-0.3, -0.25) is 0 Å². The topological polar surface area (TPSA) is 60.0 Å². The molecule has 3 rings (SSSR count). The van der Waals surface area contributed by atoms with Crippen molar-refractivity contribution in [3.05, 3.63) is 34.8 Å². The van der Waals surface area contributed by atoms with E-state index >= 15 is 0 Å². The average molecular weight is 348 g/mol. The number of methoxy groups -OCH3 is 1. The molecule has 0 radical (unpaired) electrons. The molecule has 0 fully saturated rings. The number of halogens is 1. The number of imidazole rings is 1. The Morgan fingerprint density at radius 2 is 2.05 bits per heavy atom. The Kier molecular flexibility index (Phi) is 3.79. The van der Waals surface area contributed by atoms with Crippen molar-refractivity contribution in [3.8, 4) is 23.0 Å². The predicted octanol–water partition coefficient (Wildman–Crippen LogP) is 3.79. The highest BCUT2D eigenvalue weighted by Gasteiger charge is 2.11. The lowest BCUT2D eigenvalue weighted by Crippen LogP contribution is -1.93. The number of hydrogen-bond acceptors (Lipinski definition) is 4. The summed E-state index contributed by atoms with van der Waals surface area (Å²) in [6.07, 6.45) is 0. The third kappa shape index (κ3) is 2.71. The summed E-state index contributed by atoms with van der Waals surface area (Å²) in [5.74, 6) is 2.08. The maximum atomic E-state index is 5.39. The lowest BCUT2D eigenvalue weighted by Gasteiger charge is -2.04. The minimum atomic E-state index is 0.577. The Labute approximate surface area is 130 Å². The van der Waals surface area contributed by atoms with Crippen molar-refractivity contribution in [2.45, 2.75) is 6.92 Å². The van der Waals surface area contributed by atoms with Crippen LogP contribution in [0.25, 0.3) is 22.6 Å². The Balaban J connectivity index is 2.08. The van der Waals surface area contributed by atoms with E-state index < -0.39 is 0 Å². The van der Waals surface area contributed by atoms with Crippen molar-refractivity contribution in [1.82, 2.24) is 15.0 Å². The van der Waals surface area contributed by atoms with Crippen LogP contribution in [0, 0.1) is 0 Å². The number of benzene rings is 1. The molecule has 3 aromatic rings. The van der Waals surface area contributed by atoms with Crippen LogP contribution in [0.15, 0.2) is 34.8 Å². The molecule has 1 aromatic carbocycles. The molecule has 21 heavy (non-hydrogen) atoms. The van der Waals surface area contributed by atoms with Crippen LogP contribution in [-0.2, 0) is 0 Å². The van der Waals surface area contributed by atoms with Gasteiger partial charge in [-0.15, -0.1) is 0 Å². The molecule has 6 heteroatoms. The zero-order valence-electron chi connectivity index (χ0n) is 11.7. The lowest BCUT2D eigenvalue weighted by molar-refractivity contribution is 0.328. The molecule has 0 amide bonds. The van der Waals surface area contributed by atoms with E-state index in [1.807, 2.05) is 37.3 Å². The van der Waals surface area contributed by atoms with E-state index in [4.69, 9.17) is 9.47 Å². The number of aromatic amines is 1. The molecule has 0 atom stereocenters. The van der Waals surface area contributed by atoms with Gasteiger partial charge in [-0.1, -0.05) is 15.9 Å². The van der Waals surface area contributed by atoms with E-state index in [0.29, 0.717) is 18.1 Å². The molecule has 5 nitrogen and oxygen atoms in total. The molecular weight excluding hydrogens is 334 g/mol. The normalized spacial score (nSPS) is 10.8. The first-order valence-electron chi connectivity index (χ1n) is 6.54. The molecule has 1 N–H and O–H groups in total. The van der Waals surface area contributed by atoms with Gasteiger partial charge in [0.25, 0.3) is 0 Å². The average Bonchev–Trinajstić information content (AvgIpc) is 2.91. The van der Waals surface area contributed by atoms with Crippen molar-refractivity contribution in [2.75, 3.05) is 13.7 Å². The molecule has 2 heterocycles. The Hall–Kier alpha value is -2.08. The highest BCUT2D eigenvalue weighted by atomic mass is 79.9. The van der Waals surface area contributed by atoms with E-state index in [0.717, 1.165) is 27.1 Å². The summed E-state index contributed by atoms with van der Waals surface area (Å²) < 4.78 is 11.6. The first-order valence-corrected chi connectivity index (χ1v) is 7.34. The van der Waals surface area contributed by atoms with Crippen molar-refractivity contribution in [1.29, 1.82) is 0 Å². The minimum absolute atomic E-state index is 0.577. The van der Waals surface area contributed by atoms with Crippen LogP contribution in [0.2, 0.25) is 0 Å². The van der Waals surface area contributed by atoms with E-state index in [2.05, 4.69) is 30.9 Å². The largest absolute Gasteiger partial charge is 0.497 e. The number of rotatable bonds is 4. The van der Waals surface area contributed by atoms with Crippen molar-refractivity contribution >= 4 is 27.1 Å². The summed E-state index contributed by atoms with van der Waals surface area (Å²) in [6, 6.07) is 9.49. The molecule has 0 saturated heterocycles. The first-order chi connectivity index (χ1) is 10.2. The van der Waals surface area contributed by atoms with E-state index in [9.17, 15) is 0 Å². The molecule has 0 aliphatic rings. The molecular formula is C15H14BrN3O2. The monoisotopic (exact) mass is 347 g/mol. The van der Waals surface area contributed by atoms with Gasteiger partial charge in [0, 0.05) is 16.1 Å². The third-order valence-electron chi connectivity index (χ3n) is 3.04. The van der Waals surface area contributed by atoms with Crippen LogP contribution in [0.4, 0.5) is 0 Å². The second-order valence-corrected chi connectivity index (χ2v) is 5.24. The van der Waals surface area contributed by atoms with Gasteiger partial charge in [-0.25, -0.2) is 4.98 Å². The van der Waals surface area contributed by atoms with Gasteiger partial charge in [0.05, 0.1) is 19.2 Å². The molecule has 108 valence electrons. The third-order valence-corrected chi connectivity index (χ3v) is 3.73. The zero-order chi connectivity index (χ0) is 14.8. The summed E-state index contributed by atoms with van der Waals surface area (Å²) in [4.78, 5) is 12.2. The summed E-state index contributed by atoms with van der Waals surface area (Å²) in [5, 5.41) is 0. The van der Waals surface area contributed by atoms with Crippen LogP contribution in [0.3, 0.4) is 0 Å². The van der Waals surface area contributed by atoms with Gasteiger partial charge < -0.3 is 14.5 Å². The van der Waals surface area contributed by atoms with Gasteiger partial charge >= 0.3 is 0 Å². The van der Waals surface area contributed by atoms with Gasteiger partial charge in [-0.2, -0.15) is 4.98 Å². The van der Waals surface area contributed by atoms with Crippen LogP contribution in [-0.4, -0.2) is 28.7 Å². The SMILES string of the molecule is CCOc1ccc2[nH]c(-c3cc(OC)ccc3Br)nc2n1. The fraction of sp³-hybridized carbons (Fsp3) is 0.200. The van der Waals surface area contributed by atoms with Gasteiger partial charge in [-0.05, 0) is 31.2 Å². The molecule has 2 aromatic heterocycles. The molecule has 0 bridgehead atoms. The smallest absolute Gasteiger partial charge is 0.215 e. The maximum Gasteiger partial charge on any atom is 0.215 e. The molecule has 0 unspecified atom stereocenters. The van der Waals surface area contributed by atoms with E-state index in [1.54, 1.807) is 7.11 Å². The van der Waals surface area contributed by atoms with Gasteiger partial charge in [0.2, 0.25) is 5.88 Å². The summed E-state index contributed by atoms with van der Waals surface area (Å²) in [7, 11) is 1.64. The molecule has 0 saturated carbocycles. The zero-order valence-corrected chi connectivity index (χ0v) is 13.3. The standard InChI is InChI=1S/C15H14BrN3O2/c1-3-21-13-7-6-12-15(18-13)19-14(17-12)10-8-9(20-2)4-5-11(10)16/h4-8H,3H2,1-2H3,(H,17,18,19). The van der Waals surface area contributed by atoms with Gasteiger partial charge in [0.1, 0.15) is 11.6 Å². The molecule has 0 aliphatic carbocycles. The number of nitrogens with one attached hydrogen (secondary N) is 1. The quantitative estimate of drug-likeness (QED) is 0.779. The second kappa shape index (κ2) is 5.73. The van der Waals surface area contributed by atoms with E-state index in [1.165, 1.54) is 0 Å². The summed E-state index contributed by atoms with van der Waals surface area (Å²) in [6.45, 7) is 2.51. The number of pyridine rings is 1. The molecule has 0 aliphatic heterocycles. The number of aromatic nitrogens is 3. The summed E-state index contributed by atoms with van der Waals surface area (Å²) in [5.41, 5.74) is 2.42.